The Kier molecular flexibility index (Phi) is 6.46. The maximum absolute atomic E-state index is 11.8. The third kappa shape index (κ3) is 4.50. The van der Waals surface area contributed by atoms with Crippen molar-refractivity contribution in [1.82, 2.24) is 10.3 Å². The van der Waals surface area contributed by atoms with E-state index in [0.717, 1.165) is 6.42 Å². The van der Waals surface area contributed by atoms with Crippen molar-refractivity contribution in [1.29, 1.82) is 0 Å². The van der Waals surface area contributed by atoms with Gasteiger partial charge in [0.05, 0.1) is 5.02 Å². The predicted octanol–water partition coefficient (Wildman–Crippen LogP) is 1.93. The number of nitrogens with one attached hydrogen (secondary N) is 2. The summed E-state index contributed by atoms with van der Waals surface area (Å²) in [5.41, 5.74) is 0.236. The molecule has 0 aliphatic carbocycles. The lowest BCUT2D eigenvalue weighted by Crippen LogP contribution is -2.26. The van der Waals surface area contributed by atoms with Crippen LogP contribution in [0.15, 0.2) is 12.1 Å². The maximum atomic E-state index is 11.8. The van der Waals surface area contributed by atoms with Crippen molar-refractivity contribution >= 4 is 23.3 Å². The fourth-order valence-corrected chi connectivity index (χ4v) is 1.54. The molecule has 0 aliphatic rings. The number of amides is 1. The van der Waals surface area contributed by atoms with E-state index in [-0.39, 0.29) is 11.6 Å². The van der Waals surface area contributed by atoms with E-state index in [1.807, 2.05) is 6.92 Å². The number of rotatable bonds is 7. The minimum absolute atomic E-state index is 0.236. The Morgan fingerprint density at radius 1 is 1.50 bits per heavy atom. The van der Waals surface area contributed by atoms with Gasteiger partial charge in [0.1, 0.15) is 11.5 Å². The quantitative estimate of drug-likeness (QED) is 0.744. The summed E-state index contributed by atoms with van der Waals surface area (Å²) in [6.07, 6.45) is 0.767. The summed E-state index contributed by atoms with van der Waals surface area (Å²) in [4.78, 5) is 16.0. The van der Waals surface area contributed by atoms with E-state index in [1.54, 1.807) is 19.2 Å². The van der Waals surface area contributed by atoms with Crippen molar-refractivity contribution in [3.63, 3.8) is 0 Å². The van der Waals surface area contributed by atoms with Crippen molar-refractivity contribution in [3.8, 4) is 0 Å². The van der Waals surface area contributed by atoms with Gasteiger partial charge in [-0.1, -0.05) is 11.6 Å². The molecule has 0 saturated carbocycles. The van der Waals surface area contributed by atoms with Crippen LogP contribution >= 0.6 is 11.6 Å². The number of hydrogen-bond donors (Lipinski definition) is 2. The lowest BCUT2D eigenvalue weighted by molar-refractivity contribution is 0.0939. The molecule has 0 aliphatic heterocycles. The van der Waals surface area contributed by atoms with E-state index in [0.29, 0.717) is 30.6 Å². The lowest BCUT2D eigenvalue weighted by Gasteiger charge is -2.07. The molecule has 18 heavy (non-hydrogen) atoms. The highest BCUT2D eigenvalue weighted by Crippen LogP contribution is 2.16. The van der Waals surface area contributed by atoms with E-state index in [9.17, 15) is 4.79 Å². The number of ether oxygens (including phenoxy) is 1. The van der Waals surface area contributed by atoms with E-state index in [1.165, 1.54) is 0 Å². The zero-order valence-corrected chi connectivity index (χ0v) is 11.4. The first-order chi connectivity index (χ1) is 8.69. The van der Waals surface area contributed by atoms with Crippen molar-refractivity contribution in [2.45, 2.75) is 13.3 Å². The van der Waals surface area contributed by atoms with Crippen LogP contribution in [0.3, 0.4) is 0 Å². The monoisotopic (exact) mass is 271 g/mol. The van der Waals surface area contributed by atoms with Gasteiger partial charge in [0.2, 0.25) is 0 Å². The first kappa shape index (κ1) is 14.7. The molecule has 1 amide bonds. The number of aromatic nitrogens is 1. The fourth-order valence-electron chi connectivity index (χ4n) is 1.34. The van der Waals surface area contributed by atoms with Crippen molar-refractivity contribution in [2.75, 3.05) is 32.1 Å². The zero-order valence-electron chi connectivity index (χ0n) is 10.6. The number of pyridine rings is 1. The smallest absolute Gasteiger partial charge is 0.271 e. The highest BCUT2D eigenvalue weighted by Gasteiger charge is 2.12. The molecule has 0 spiro atoms. The Morgan fingerprint density at radius 2 is 2.28 bits per heavy atom. The molecule has 5 nitrogen and oxygen atoms in total. The molecule has 0 unspecified atom stereocenters. The van der Waals surface area contributed by atoms with Gasteiger partial charge in [0, 0.05) is 26.8 Å². The summed E-state index contributed by atoms with van der Waals surface area (Å²) in [5, 5.41) is 5.96. The molecule has 2 N–H and O–H groups in total. The molecule has 1 rings (SSSR count). The van der Waals surface area contributed by atoms with Gasteiger partial charge in [0.25, 0.3) is 5.91 Å². The molecule has 0 bridgehead atoms. The van der Waals surface area contributed by atoms with Gasteiger partial charge in [-0.15, -0.1) is 0 Å². The molecule has 0 fully saturated rings. The van der Waals surface area contributed by atoms with Gasteiger partial charge < -0.3 is 15.4 Å². The minimum atomic E-state index is -0.270. The van der Waals surface area contributed by atoms with Crippen LogP contribution in [0.4, 0.5) is 5.82 Å². The Hall–Kier alpha value is -1.33. The van der Waals surface area contributed by atoms with Crippen molar-refractivity contribution < 1.29 is 9.53 Å². The SMILES string of the molecule is CCOCCCNC(=O)c1nc(NC)ccc1Cl. The number of carbonyl (C=O) groups excluding carboxylic acids is 1. The summed E-state index contributed by atoms with van der Waals surface area (Å²) in [5.74, 6) is 0.340. The molecule has 0 atom stereocenters. The van der Waals surface area contributed by atoms with Gasteiger partial charge in [-0.2, -0.15) is 0 Å². The normalized spacial score (nSPS) is 10.2. The molecule has 6 heteroatoms. The van der Waals surface area contributed by atoms with Crippen LogP contribution in [0.5, 0.6) is 0 Å². The van der Waals surface area contributed by atoms with Crippen molar-refractivity contribution in [3.05, 3.63) is 22.8 Å². The van der Waals surface area contributed by atoms with Gasteiger partial charge in [-0.05, 0) is 25.5 Å². The van der Waals surface area contributed by atoms with Gasteiger partial charge >= 0.3 is 0 Å². The highest BCUT2D eigenvalue weighted by molar-refractivity contribution is 6.33. The van der Waals surface area contributed by atoms with Gasteiger partial charge in [-0.25, -0.2) is 4.98 Å². The van der Waals surface area contributed by atoms with Gasteiger partial charge in [-0.3, -0.25) is 4.79 Å². The first-order valence-corrected chi connectivity index (χ1v) is 6.27. The number of halogens is 1. The Labute approximate surface area is 112 Å². The molecule has 1 heterocycles. The Bertz CT molecular complexity index is 399. The summed E-state index contributed by atoms with van der Waals surface area (Å²) >= 11 is 5.93. The van der Waals surface area contributed by atoms with Crippen LogP contribution in [-0.4, -0.2) is 37.7 Å². The molecule has 0 saturated heterocycles. The minimum Gasteiger partial charge on any atom is -0.382 e. The topological polar surface area (TPSA) is 63.2 Å². The fraction of sp³-hybridized carbons (Fsp3) is 0.500. The molecule has 0 aromatic carbocycles. The third-order valence-electron chi connectivity index (χ3n) is 2.27. The Morgan fingerprint density at radius 3 is 2.94 bits per heavy atom. The second kappa shape index (κ2) is 7.89. The third-order valence-corrected chi connectivity index (χ3v) is 2.58. The van der Waals surface area contributed by atoms with E-state index in [4.69, 9.17) is 16.3 Å². The summed E-state index contributed by atoms with van der Waals surface area (Å²) < 4.78 is 5.18. The number of anilines is 1. The maximum Gasteiger partial charge on any atom is 0.271 e. The Balaban J connectivity index is 2.50. The van der Waals surface area contributed by atoms with Crippen LogP contribution in [-0.2, 0) is 4.74 Å². The van der Waals surface area contributed by atoms with Gasteiger partial charge in [0.15, 0.2) is 0 Å². The number of hydrogen-bond acceptors (Lipinski definition) is 4. The molecular weight excluding hydrogens is 254 g/mol. The molecule has 1 aromatic rings. The average molecular weight is 272 g/mol. The van der Waals surface area contributed by atoms with Crippen LogP contribution in [0, 0.1) is 0 Å². The summed E-state index contributed by atoms with van der Waals surface area (Å²) in [6, 6.07) is 3.36. The van der Waals surface area contributed by atoms with E-state index >= 15 is 0 Å². The average Bonchev–Trinajstić information content (AvgIpc) is 2.39. The summed E-state index contributed by atoms with van der Waals surface area (Å²) in [7, 11) is 1.74. The predicted molar refractivity (Wildman–Crippen MR) is 72.2 cm³/mol. The second-order valence-corrected chi connectivity index (χ2v) is 3.99. The van der Waals surface area contributed by atoms with E-state index < -0.39 is 0 Å². The molecule has 100 valence electrons. The van der Waals surface area contributed by atoms with E-state index in [2.05, 4.69) is 15.6 Å². The van der Waals surface area contributed by atoms with Crippen LogP contribution in [0.25, 0.3) is 0 Å². The molecule has 1 aromatic heterocycles. The highest BCUT2D eigenvalue weighted by atomic mass is 35.5. The second-order valence-electron chi connectivity index (χ2n) is 3.58. The number of carbonyl (C=O) groups is 1. The first-order valence-electron chi connectivity index (χ1n) is 5.89. The van der Waals surface area contributed by atoms with Crippen LogP contribution in [0.2, 0.25) is 5.02 Å². The lowest BCUT2D eigenvalue weighted by atomic mass is 10.3. The van der Waals surface area contributed by atoms with Crippen LogP contribution < -0.4 is 10.6 Å². The zero-order chi connectivity index (χ0) is 13.4. The molecular formula is C12H18ClN3O2. The van der Waals surface area contributed by atoms with Crippen LogP contribution in [0.1, 0.15) is 23.8 Å². The summed E-state index contributed by atoms with van der Waals surface area (Å²) in [6.45, 7) is 3.80. The van der Waals surface area contributed by atoms with Crippen molar-refractivity contribution in [2.24, 2.45) is 0 Å². The standard InChI is InChI=1S/C12H18ClN3O2/c1-3-18-8-4-7-15-12(17)11-9(13)5-6-10(14-2)16-11/h5-6H,3-4,7-8H2,1-2H3,(H,14,16)(H,15,17). The largest absolute Gasteiger partial charge is 0.382 e. The molecule has 0 radical (unpaired) electrons. The number of nitrogens with zero attached hydrogens (tertiary/aromatic N) is 1.